The number of hydrogen-bond acceptors (Lipinski definition) is 6. The molecule has 0 aliphatic heterocycles. The second kappa shape index (κ2) is 8.13. The van der Waals surface area contributed by atoms with Crippen molar-refractivity contribution < 1.29 is 18.3 Å². The van der Waals surface area contributed by atoms with E-state index in [-0.39, 0.29) is 23.4 Å². The topological polar surface area (TPSA) is 65.2 Å². The maximum absolute atomic E-state index is 13.0. The van der Waals surface area contributed by atoms with Crippen molar-refractivity contribution in [2.24, 2.45) is 0 Å². The van der Waals surface area contributed by atoms with E-state index < -0.39 is 5.97 Å². The Kier molecular flexibility index (Phi) is 5.67. The van der Waals surface area contributed by atoms with Gasteiger partial charge in [-0.15, -0.1) is 10.2 Å². The molecule has 0 saturated carbocycles. The summed E-state index contributed by atoms with van der Waals surface area (Å²) in [7, 11) is 0. The van der Waals surface area contributed by atoms with E-state index in [1.807, 2.05) is 0 Å². The molecule has 0 bridgehead atoms. The van der Waals surface area contributed by atoms with Gasteiger partial charge in [0.05, 0.1) is 0 Å². The van der Waals surface area contributed by atoms with Crippen LogP contribution in [0.4, 0.5) is 4.39 Å². The Balaban J connectivity index is 1.50. The Morgan fingerprint density at radius 3 is 2.76 bits per heavy atom. The fraction of sp³-hybridized carbons (Fsp3) is 0.118. The minimum Gasteiger partial charge on any atom is -0.460 e. The summed E-state index contributed by atoms with van der Waals surface area (Å²) in [6, 6.07) is 12.8. The number of ether oxygens (including phenoxy) is 1. The highest BCUT2D eigenvalue weighted by Crippen LogP contribution is 2.24. The molecule has 3 aromatic rings. The first kappa shape index (κ1) is 17.4. The number of esters is 1. The molecule has 0 unspecified atom stereocenters. The zero-order valence-electron chi connectivity index (χ0n) is 12.8. The highest BCUT2D eigenvalue weighted by molar-refractivity contribution is 7.99. The maximum Gasteiger partial charge on any atom is 0.316 e. The number of rotatable bonds is 6. The fourth-order valence-electron chi connectivity index (χ4n) is 1.93. The summed E-state index contributed by atoms with van der Waals surface area (Å²) in [5.74, 6) is -0.478. The van der Waals surface area contributed by atoms with E-state index in [1.54, 1.807) is 36.4 Å². The second-order valence-electron chi connectivity index (χ2n) is 4.96. The van der Waals surface area contributed by atoms with Crippen LogP contribution in [0, 0.1) is 5.82 Å². The minimum absolute atomic E-state index is 0.0109. The van der Waals surface area contributed by atoms with Crippen molar-refractivity contribution >= 4 is 29.3 Å². The molecule has 3 rings (SSSR count). The standard InChI is InChI=1S/C17H12ClFN2O3S/c18-13-6-4-12(5-7-13)16-20-21-17(24-16)25-10-15(22)23-9-11-2-1-3-14(19)8-11/h1-8H,9-10H2. The highest BCUT2D eigenvalue weighted by Gasteiger charge is 2.12. The fourth-order valence-corrected chi connectivity index (χ4v) is 2.62. The van der Waals surface area contributed by atoms with Crippen LogP contribution in [-0.2, 0) is 16.1 Å². The van der Waals surface area contributed by atoms with Crippen LogP contribution in [0.2, 0.25) is 5.02 Å². The molecule has 2 aromatic carbocycles. The molecule has 0 aliphatic rings. The van der Waals surface area contributed by atoms with Crippen LogP contribution < -0.4 is 0 Å². The zero-order chi connectivity index (χ0) is 17.6. The smallest absolute Gasteiger partial charge is 0.316 e. The Bertz CT molecular complexity index is 870. The summed E-state index contributed by atoms with van der Waals surface area (Å²) in [6.07, 6.45) is 0. The molecule has 0 N–H and O–H groups in total. The Morgan fingerprint density at radius 1 is 1.20 bits per heavy atom. The van der Waals surface area contributed by atoms with Gasteiger partial charge in [0.2, 0.25) is 5.89 Å². The highest BCUT2D eigenvalue weighted by atomic mass is 35.5. The van der Waals surface area contributed by atoms with Gasteiger partial charge in [0.1, 0.15) is 18.2 Å². The van der Waals surface area contributed by atoms with Crippen molar-refractivity contribution in [1.82, 2.24) is 10.2 Å². The number of aromatic nitrogens is 2. The summed E-state index contributed by atoms with van der Waals surface area (Å²) in [5.41, 5.74) is 1.32. The van der Waals surface area contributed by atoms with Crippen LogP contribution in [0.1, 0.15) is 5.56 Å². The lowest BCUT2D eigenvalue weighted by Crippen LogP contribution is -2.07. The number of nitrogens with zero attached hydrogens (tertiary/aromatic N) is 2. The van der Waals surface area contributed by atoms with Gasteiger partial charge >= 0.3 is 5.97 Å². The van der Waals surface area contributed by atoms with Crippen LogP contribution in [-0.4, -0.2) is 21.9 Å². The molecular weight excluding hydrogens is 367 g/mol. The monoisotopic (exact) mass is 378 g/mol. The molecule has 0 radical (unpaired) electrons. The predicted octanol–water partition coefficient (Wildman–Crippen LogP) is 4.36. The molecular formula is C17H12ClFN2O3S. The average Bonchev–Trinajstić information content (AvgIpc) is 3.08. The second-order valence-corrected chi connectivity index (χ2v) is 6.32. The van der Waals surface area contributed by atoms with E-state index in [0.29, 0.717) is 16.5 Å². The molecule has 0 fully saturated rings. The normalized spacial score (nSPS) is 10.6. The molecule has 128 valence electrons. The van der Waals surface area contributed by atoms with Gasteiger partial charge in [-0.2, -0.15) is 0 Å². The molecule has 0 amide bonds. The van der Waals surface area contributed by atoms with Gasteiger partial charge in [-0.1, -0.05) is 35.5 Å². The van der Waals surface area contributed by atoms with Crippen LogP contribution in [0.5, 0.6) is 0 Å². The summed E-state index contributed by atoms with van der Waals surface area (Å²) in [4.78, 5) is 11.7. The van der Waals surface area contributed by atoms with Crippen molar-refractivity contribution in [2.45, 2.75) is 11.8 Å². The summed E-state index contributed by atoms with van der Waals surface area (Å²) in [5, 5.41) is 8.66. The molecule has 0 atom stereocenters. The van der Waals surface area contributed by atoms with Crippen molar-refractivity contribution in [3.63, 3.8) is 0 Å². The molecule has 5 nitrogen and oxygen atoms in total. The molecule has 8 heteroatoms. The number of carbonyl (C=O) groups is 1. The van der Waals surface area contributed by atoms with E-state index in [2.05, 4.69) is 10.2 Å². The van der Waals surface area contributed by atoms with Gasteiger partial charge < -0.3 is 9.15 Å². The third-order valence-electron chi connectivity index (χ3n) is 3.10. The van der Waals surface area contributed by atoms with Gasteiger partial charge in [0.25, 0.3) is 5.22 Å². The largest absolute Gasteiger partial charge is 0.460 e. The van der Waals surface area contributed by atoms with Gasteiger partial charge in [0.15, 0.2) is 0 Å². The summed E-state index contributed by atoms with van der Waals surface area (Å²) < 4.78 is 23.6. The van der Waals surface area contributed by atoms with Crippen molar-refractivity contribution in [2.75, 3.05) is 5.75 Å². The van der Waals surface area contributed by atoms with Gasteiger partial charge in [0, 0.05) is 10.6 Å². The molecule has 0 spiro atoms. The van der Waals surface area contributed by atoms with Gasteiger partial charge in [-0.25, -0.2) is 4.39 Å². The predicted molar refractivity (Wildman–Crippen MR) is 91.7 cm³/mol. The third-order valence-corrected chi connectivity index (χ3v) is 4.14. The quantitative estimate of drug-likeness (QED) is 0.469. The molecule has 0 saturated heterocycles. The molecule has 0 aliphatic carbocycles. The first-order chi connectivity index (χ1) is 12.1. The first-order valence-electron chi connectivity index (χ1n) is 7.22. The van der Waals surface area contributed by atoms with Gasteiger partial charge in [-0.3, -0.25) is 4.79 Å². The van der Waals surface area contributed by atoms with E-state index in [4.69, 9.17) is 20.8 Å². The van der Waals surface area contributed by atoms with Crippen molar-refractivity contribution in [3.8, 4) is 11.5 Å². The average molecular weight is 379 g/mol. The lowest BCUT2D eigenvalue weighted by molar-refractivity contribution is -0.141. The molecule has 1 aromatic heterocycles. The van der Waals surface area contributed by atoms with Gasteiger partial charge in [-0.05, 0) is 42.0 Å². The summed E-state index contributed by atoms with van der Waals surface area (Å²) >= 11 is 6.90. The lowest BCUT2D eigenvalue weighted by atomic mass is 10.2. The zero-order valence-corrected chi connectivity index (χ0v) is 14.4. The van der Waals surface area contributed by atoms with Crippen LogP contribution in [0.25, 0.3) is 11.5 Å². The van der Waals surface area contributed by atoms with E-state index in [1.165, 1.54) is 12.1 Å². The van der Waals surface area contributed by atoms with E-state index in [9.17, 15) is 9.18 Å². The minimum atomic E-state index is -0.458. The Labute approximate surface area is 152 Å². The number of benzene rings is 2. The Morgan fingerprint density at radius 2 is 2.00 bits per heavy atom. The van der Waals surface area contributed by atoms with E-state index >= 15 is 0 Å². The van der Waals surface area contributed by atoms with Crippen molar-refractivity contribution in [1.29, 1.82) is 0 Å². The number of halogens is 2. The lowest BCUT2D eigenvalue weighted by Gasteiger charge is -2.03. The SMILES string of the molecule is O=C(CSc1nnc(-c2ccc(Cl)cc2)o1)OCc1cccc(F)c1. The number of thioether (sulfide) groups is 1. The van der Waals surface area contributed by atoms with Crippen molar-refractivity contribution in [3.05, 3.63) is 64.9 Å². The van der Waals surface area contributed by atoms with Crippen LogP contribution in [0.15, 0.2) is 58.2 Å². The first-order valence-corrected chi connectivity index (χ1v) is 8.59. The molecule has 25 heavy (non-hydrogen) atoms. The number of hydrogen-bond donors (Lipinski definition) is 0. The Hall–Kier alpha value is -2.38. The third kappa shape index (κ3) is 5.04. The number of carbonyl (C=O) groups excluding carboxylic acids is 1. The molecule has 1 heterocycles. The van der Waals surface area contributed by atoms with Crippen LogP contribution >= 0.6 is 23.4 Å². The van der Waals surface area contributed by atoms with E-state index in [0.717, 1.165) is 17.3 Å². The maximum atomic E-state index is 13.0. The van der Waals surface area contributed by atoms with Crippen LogP contribution in [0.3, 0.4) is 0 Å². The summed E-state index contributed by atoms with van der Waals surface area (Å²) in [6.45, 7) is 0.0109.